The molecule has 1 aromatic rings. The van der Waals surface area contributed by atoms with Crippen molar-refractivity contribution in [2.45, 2.75) is 105 Å². The van der Waals surface area contributed by atoms with Crippen LogP contribution in [-0.4, -0.2) is 17.9 Å². The zero-order chi connectivity index (χ0) is 27.9. The van der Waals surface area contributed by atoms with E-state index < -0.39 is 0 Å². The van der Waals surface area contributed by atoms with Gasteiger partial charge < -0.3 is 4.74 Å². The molecule has 0 heterocycles. The number of benzene rings is 1. The number of carbonyl (C=O) groups excluding carboxylic acids is 2. The van der Waals surface area contributed by atoms with Gasteiger partial charge in [-0.2, -0.15) is 0 Å². The van der Waals surface area contributed by atoms with Crippen molar-refractivity contribution in [2.75, 3.05) is 0 Å². The fourth-order valence-electron chi connectivity index (χ4n) is 10.1. The van der Waals surface area contributed by atoms with E-state index in [0.717, 1.165) is 19.3 Å². The number of hydrogen-bond acceptors (Lipinski definition) is 3. The van der Waals surface area contributed by atoms with Crippen LogP contribution in [0.2, 0.25) is 0 Å². The Bertz CT molecular complexity index is 1060. The largest absolute Gasteiger partial charge is 0.458 e. The van der Waals surface area contributed by atoms with Crippen molar-refractivity contribution < 1.29 is 14.3 Å². The van der Waals surface area contributed by atoms with Crippen LogP contribution in [0.1, 0.15) is 110 Å². The third-order valence-corrected chi connectivity index (χ3v) is 12.4. The Kier molecular flexibility index (Phi) is 8.20. The molecule has 3 heteroatoms. The van der Waals surface area contributed by atoms with Gasteiger partial charge in [0.2, 0.25) is 0 Å². The highest BCUT2D eigenvalue weighted by molar-refractivity contribution is 5.89. The van der Waals surface area contributed by atoms with Crippen molar-refractivity contribution in [3.8, 4) is 0 Å². The van der Waals surface area contributed by atoms with E-state index in [1.807, 2.05) is 30.3 Å². The minimum absolute atomic E-state index is 0.0914. The number of allylic oxidation sites excluding steroid dienone is 2. The Labute approximate surface area is 237 Å². The summed E-state index contributed by atoms with van der Waals surface area (Å²) >= 11 is 0. The molecule has 0 aliphatic heterocycles. The van der Waals surface area contributed by atoms with Gasteiger partial charge in [0.15, 0.2) is 0 Å². The third kappa shape index (κ3) is 5.17. The number of ether oxygens (including phenoxy) is 1. The average molecular weight is 533 g/mol. The molecule has 5 rings (SSSR count). The van der Waals surface area contributed by atoms with E-state index in [4.69, 9.17) is 4.74 Å². The summed E-state index contributed by atoms with van der Waals surface area (Å²) in [6.07, 6.45) is 14.4. The molecule has 4 fully saturated rings. The highest BCUT2D eigenvalue weighted by Gasteiger charge is 2.63. The monoisotopic (exact) mass is 532 g/mol. The van der Waals surface area contributed by atoms with Crippen LogP contribution in [0, 0.1) is 58.2 Å². The van der Waals surface area contributed by atoms with Gasteiger partial charge in [-0.05, 0) is 109 Å². The first-order valence-electron chi connectivity index (χ1n) is 16.0. The highest BCUT2D eigenvalue weighted by Crippen LogP contribution is 2.68. The van der Waals surface area contributed by atoms with E-state index in [2.05, 4.69) is 53.7 Å². The first-order valence-corrected chi connectivity index (χ1v) is 16.0. The van der Waals surface area contributed by atoms with Crippen molar-refractivity contribution in [3.05, 3.63) is 48.0 Å². The molecule has 0 radical (unpaired) electrons. The van der Waals surface area contributed by atoms with Gasteiger partial charge in [0.05, 0.1) is 5.56 Å². The number of hydrogen-bond donors (Lipinski definition) is 0. The maximum absolute atomic E-state index is 13.4. The molecule has 1 aromatic carbocycles. The molecule has 4 saturated carbocycles. The van der Waals surface area contributed by atoms with Gasteiger partial charge in [-0.1, -0.05) is 71.9 Å². The third-order valence-electron chi connectivity index (χ3n) is 12.4. The lowest BCUT2D eigenvalue weighted by atomic mass is 9.43. The van der Waals surface area contributed by atoms with Gasteiger partial charge in [-0.25, -0.2) is 4.79 Å². The van der Waals surface area contributed by atoms with E-state index in [-0.39, 0.29) is 22.9 Å². The van der Waals surface area contributed by atoms with Gasteiger partial charge in [-0.3, -0.25) is 4.79 Å². The van der Waals surface area contributed by atoms with Gasteiger partial charge >= 0.3 is 5.97 Å². The SMILES string of the molecule is CCC(C=CC(C)[C@H]1CCC2C3C(CC[C@@]21C)[C@@]1(C)CCC(=O)C[C@@H]1C[C@H]3OC(=O)c1ccccc1)C(C)C. The summed E-state index contributed by atoms with van der Waals surface area (Å²) in [5.74, 6) is 4.62. The Morgan fingerprint density at radius 2 is 1.72 bits per heavy atom. The molecule has 0 N–H and O–H groups in total. The number of carbonyl (C=O) groups is 2. The van der Waals surface area contributed by atoms with Gasteiger partial charge in [0.25, 0.3) is 0 Å². The van der Waals surface area contributed by atoms with Crippen LogP contribution in [0.25, 0.3) is 0 Å². The van der Waals surface area contributed by atoms with E-state index in [0.29, 0.717) is 65.1 Å². The highest BCUT2D eigenvalue weighted by atomic mass is 16.5. The van der Waals surface area contributed by atoms with Crippen LogP contribution in [0.5, 0.6) is 0 Å². The minimum atomic E-state index is -0.192. The molecule has 3 nitrogen and oxygen atoms in total. The Morgan fingerprint density at radius 1 is 1.00 bits per heavy atom. The van der Waals surface area contributed by atoms with Gasteiger partial charge in [-0.15, -0.1) is 0 Å². The second-order valence-electron chi connectivity index (χ2n) is 14.6. The maximum Gasteiger partial charge on any atom is 0.338 e. The normalized spacial score (nSPS) is 39.6. The fourth-order valence-corrected chi connectivity index (χ4v) is 10.1. The molecular weight excluding hydrogens is 480 g/mol. The summed E-state index contributed by atoms with van der Waals surface area (Å²) < 4.78 is 6.48. The molecule has 10 atom stereocenters. The second-order valence-corrected chi connectivity index (χ2v) is 14.6. The molecule has 39 heavy (non-hydrogen) atoms. The Hall–Kier alpha value is -1.90. The standard InChI is InChI=1S/C36H52O3/c1-7-25(23(2)3)14-13-24(4)29-15-16-30-33-31(18-20-36(29,30)6)35(5)19-17-28(37)21-27(35)22-32(33)39-34(38)26-11-9-8-10-12-26/h8-14,23-25,27,29-33H,7,15-22H2,1-6H3/t24?,25?,27-,29-,30?,31?,32-,33?,35+,36-/m1/s1. The number of Topliss-reactive ketones (excluding diaryl/α,β-unsaturated/α-hetero) is 1. The number of fused-ring (bicyclic) bond motifs is 5. The number of rotatable bonds is 7. The van der Waals surface area contributed by atoms with Gasteiger partial charge in [0, 0.05) is 18.8 Å². The molecule has 0 amide bonds. The van der Waals surface area contributed by atoms with Crippen molar-refractivity contribution in [1.82, 2.24) is 0 Å². The van der Waals surface area contributed by atoms with Crippen LogP contribution in [-0.2, 0) is 9.53 Å². The summed E-state index contributed by atoms with van der Waals surface area (Å²) in [4.78, 5) is 26.0. The molecule has 0 spiro atoms. The summed E-state index contributed by atoms with van der Waals surface area (Å²) in [5.41, 5.74) is 1.10. The van der Waals surface area contributed by atoms with Crippen LogP contribution in [0.4, 0.5) is 0 Å². The van der Waals surface area contributed by atoms with E-state index in [1.165, 1.54) is 32.1 Å². The summed E-state index contributed by atoms with van der Waals surface area (Å²) in [7, 11) is 0. The molecule has 0 bridgehead atoms. The summed E-state index contributed by atoms with van der Waals surface area (Å²) in [5, 5.41) is 0. The van der Waals surface area contributed by atoms with Crippen LogP contribution in [0.3, 0.4) is 0 Å². The molecule has 214 valence electrons. The second kappa shape index (κ2) is 11.2. The van der Waals surface area contributed by atoms with E-state index in [1.54, 1.807) is 0 Å². The van der Waals surface area contributed by atoms with Crippen molar-refractivity contribution in [1.29, 1.82) is 0 Å². The predicted octanol–water partition coefficient (Wildman–Crippen LogP) is 8.92. The topological polar surface area (TPSA) is 43.4 Å². The smallest absolute Gasteiger partial charge is 0.338 e. The lowest BCUT2D eigenvalue weighted by molar-refractivity contribution is -0.169. The zero-order valence-corrected chi connectivity index (χ0v) is 25.3. The fraction of sp³-hybridized carbons (Fsp3) is 0.722. The molecular formula is C36H52O3. The number of ketones is 1. The van der Waals surface area contributed by atoms with Crippen LogP contribution in [0.15, 0.2) is 42.5 Å². The van der Waals surface area contributed by atoms with Crippen LogP contribution >= 0.6 is 0 Å². The predicted molar refractivity (Wildman–Crippen MR) is 158 cm³/mol. The zero-order valence-electron chi connectivity index (χ0n) is 25.3. The summed E-state index contributed by atoms with van der Waals surface area (Å²) in [6, 6.07) is 9.49. The Balaban J connectivity index is 1.43. The molecule has 4 aliphatic carbocycles. The van der Waals surface area contributed by atoms with Crippen LogP contribution < -0.4 is 0 Å². The quantitative estimate of drug-likeness (QED) is 0.260. The first-order chi connectivity index (χ1) is 18.6. The van der Waals surface area contributed by atoms with Crippen molar-refractivity contribution in [2.24, 2.45) is 58.2 Å². The van der Waals surface area contributed by atoms with E-state index >= 15 is 0 Å². The van der Waals surface area contributed by atoms with E-state index in [9.17, 15) is 9.59 Å². The summed E-state index contributed by atoms with van der Waals surface area (Å²) in [6.45, 7) is 14.5. The maximum atomic E-state index is 13.4. The van der Waals surface area contributed by atoms with Gasteiger partial charge in [0.1, 0.15) is 11.9 Å². The number of esters is 1. The first kappa shape index (κ1) is 28.6. The minimum Gasteiger partial charge on any atom is -0.458 e. The molecule has 0 saturated heterocycles. The average Bonchev–Trinajstić information content (AvgIpc) is 3.27. The lowest BCUT2D eigenvalue weighted by Gasteiger charge is -2.62. The Morgan fingerprint density at radius 3 is 2.41 bits per heavy atom. The van der Waals surface area contributed by atoms with Crippen molar-refractivity contribution in [3.63, 3.8) is 0 Å². The van der Waals surface area contributed by atoms with Crippen molar-refractivity contribution >= 4 is 11.8 Å². The molecule has 4 aliphatic rings. The molecule has 5 unspecified atom stereocenters. The molecule has 0 aromatic heterocycles. The lowest BCUT2D eigenvalue weighted by Crippen LogP contribution is -2.59.